The Morgan fingerprint density at radius 1 is 1.38 bits per heavy atom. The largest absolute Gasteiger partial charge is 0.491 e. The molecule has 0 radical (unpaired) electrons. The minimum Gasteiger partial charge on any atom is -0.491 e. The first-order valence-corrected chi connectivity index (χ1v) is 7.80. The van der Waals surface area contributed by atoms with Crippen molar-refractivity contribution in [2.24, 2.45) is 0 Å². The molecule has 1 aliphatic carbocycles. The van der Waals surface area contributed by atoms with Gasteiger partial charge in [-0.25, -0.2) is 0 Å². The van der Waals surface area contributed by atoms with E-state index in [0.29, 0.717) is 17.9 Å². The van der Waals surface area contributed by atoms with Crippen molar-refractivity contribution in [2.45, 2.75) is 51.7 Å². The number of hydrogen-bond donors (Lipinski definition) is 1. The second kappa shape index (κ2) is 7.46. The molecule has 1 aromatic rings. The second-order valence-electron chi connectivity index (χ2n) is 5.85. The Morgan fingerprint density at radius 3 is 2.71 bits per heavy atom. The highest BCUT2D eigenvalue weighted by Gasteiger charge is 2.27. The van der Waals surface area contributed by atoms with Crippen LogP contribution in [-0.4, -0.2) is 41.2 Å². The van der Waals surface area contributed by atoms with Gasteiger partial charge in [-0.3, -0.25) is 4.79 Å². The van der Waals surface area contributed by atoms with Crippen molar-refractivity contribution in [2.75, 3.05) is 13.2 Å². The maximum absolute atomic E-state index is 12.7. The lowest BCUT2D eigenvalue weighted by molar-refractivity contribution is 0.0637. The quantitative estimate of drug-likeness (QED) is 0.877. The van der Waals surface area contributed by atoms with Crippen LogP contribution in [0.5, 0.6) is 5.75 Å². The van der Waals surface area contributed by atoms with Gasteiger partial charge in [-0.05, 0) is 44.9 Å². The van der Waals surface area contributed by atoms with Gasteiger partial charge in [0.25, 0.3) is 5.91 Å². The maximum atomic E-state index is 12.7. The van der Waals surface area contributed by atoms with Crippen molar-refractivity contribution in [3.63, 3.8) is 0 Å². The number of carbonyl (C=O) groups is 1. The van der Waals surface area contributed by atoms with Crippen LogP contribution in [-0.2, 0) is 0 Å². The fourth-order valence-electron chi connectivity index (χ4n) is 2.91. The molecular weight excluding hydrogens is 266 g/mol. The monoisotopic (exact) mass is 291 g/mol. The number of aliphatic hydroxyl groups is 1. The lowest BCUT2D eigenvalue weighted by Crippen LogP contribution is -2.40. The van der Waals surface area contributed by atoms with Gasteiger partial charge >= 0.3 is 0 Å². The van der Waals surface area contributed by atoms with E-state index in [9.17, 15) is 9.90 Å². The minimum atomic E-state index is -0.00911. The summed E-state index contributed by atoms with van der Waals surface area (Å²) in [6.07, 6.45) is 4.48. The predicted molar refractivity (Wildman–Crippen MR) is 82.6 cm³/mol. The molecule has 0 unspecified atom stereocenters. The number of aliphatic hydroxyl groups excluding tert-OH is 1. The summed E-state index contributed by atoms with van der Waals surface area (Å²) in [5, 5.41) is 9.25. The van der Waals surface area contributed by atoms with Crippen molar-refractivity contribution in [1.29, 1.82) is 0 Å². The lowest BCUT2D eigenvalue weighted by Gasteiger charge is -2.28. The highest BCUT2D eigenvalue weighted by atomic mass is 16.5. The molecule has 21 heavy (non-hydrogen) atoms. The first-order chi connectivity index (χ1) is 10.1. The van der Waals surface area contributed by atoms with Gasteiger partial charge in [-0.2, -0.15) is 0 Å². The van der Waals surface area contributed by atoms with Gasteiger partial charge in [0.15, 0.2) is 0 Å². The van der Waals surface area contributed by atoms with Crippen molar-refractivity contribution >= 4 is 5.91 Å². The summed E-state index contributed by atoms with van der Waals surface area (Å²) in [6, 6.07) is 7.58. The molecular formula is C17H25NO3. The lowest BCUT2D eigenvalue weighted by atomic mass is 10.1. The first kappa shape index (κ1) is 15.8. The summed E-state index contributed by atoms with van der Waals surface area (Å²) < 4.78 is 5.65. The van der Waals surface area contributed by atoms with Gasteiger partial charge in [0.05, 0.1) is 12.7 Å². The molecule has 1 saturated carbocycles. The molecule has 0 aromatic heterocycles. The Kier molecular flexibility index (Phi) is 5.62. The molecule has 1 fully saturated rings. The third-order valence-corrected chi connectivity index (χ3v) is 3.82. The Hall–Kier alpha value is -1.55. The summed E-state index contributed by atoms with van der Waals surface area (Å²) >= 11 is 0. The van der Waals surface area contributed by atoms with Crippen LogP contribution < -0.4 is 4.74 Å². The topological polar surface area (TPSA) is 49.8 Å². The Labute approximate surface area is 126 Å². The highest BCUT2D eigenvalue weighted by molar-refractivity contribution is 5.94. The zero-order chi connectivity index (χ0) is 15.2. The number of nitrogens with zero attached hydrogens (tertiary/aromatic N) is 1. The molecule has 116 valence electrons. The third kappa shape index (κ3) is 4.21. The average molecular weight is 291 g/mol. The molecule has 1 aliphatic rings. The van der Waals surface area contributed by atoms with E-state index in [1.54, 1.807) is 6.07 Å². The molecule has 1 N–H and O–H groups in total. The van der Waals surface area contributed by atoms with Gasteiger partial charge in [-0.15, -0.1) is 0 Å². The van der Waals surface area contributed by atoms with E-state index < -0.39 is 0 Å². The zero-order valence-electron chi connectivity index (χ0n) is 12.9. The van der Waals surface area contributed by atoms with Crippen molar-refractivity contribution in [3.05, 3.63) is 29.8 Å². The van der Waals surface area contributed by atoms with E-state index in [-0.39, 0.29) is 24.7 Å². The maximum Gasteiger partial charge on any atom is 0.254 e. The first-order valence-electron chi connectivity index (χ1n) is 7.80. The van der Waals surface area contributed by atoms with Gasteiger partial charge in [-0.1, -0.05) is 18.9 Å². The molecule has 1 aromatic carbocycles. The van der Waals surface area contributed by atoms with E-state index in [0.717, 1.165) is 25.7 Å². The van der Waals surface area contributed by atoms with Crippen LogP contribution in [0.4, 0.5) is 0 Å². The number of carbonyl (C=O) groups excluding carboxylic acids is 1. The average Bonchev–Trinajstić information content (AvgIpc) is 2.97. The normalized spacial score (nSPS) is 15.4. The van der Waals surface area contributed by atoms with Gasteiger partial charge in [0.1, 0.15) is 5.75 Å². The minimum absolute atomic E-state index is 0.00439. The smallest absolute Gasteiger partial charge is 0.254 e. The molecule has 0 spiro atoms. The SMILES string of the molecule is CC(C)Oc1cccc(C(=O)N(CCO)C2CCCC2)c1. The molecule has 0 atom stereocenters. The van der Waals surface area contributed by atoms with Gasteiger partial charge in [0.2, 0.25) is 0 Å². The Morgan fingerprint density at radius 2 is 2.10 bits per heavy atom. The molecule has 0 bridgehead atoms. The molecule has 0 saturated heterocycles. The zero-order valence-corrected chi connectivity index (χ0v) is 12.9. The summed E-state index contributed by atoms with van der Waals surface area (Å²) in [7, 11) is 0. The number of ether oxygens (including phenoxy) is 1. The number of benzene rings is 1. The van der Waals surface area contributed by atoms with Gasteiger partial charge in [0, 0.05) is 18.2 Å². The molecule has 0 aliphatic heterocycles. The molecule has 4 nitrogen and oxygen atoms in total. The third-order valence-electron chi connectivity index (χ3n) is 3.82. The van der Waals surface area contributed by atoms with Crippen molar-refractivity contribution in [3.8, 4) is 5.75 Å². The Balaban J connectivity index is 2.15. The molecule has 2 rings (SSSR count). The van der Waals surface area contributed by atoms with Crippen LogP contribution in [0.1, 0.15) is 49.9 Å². The summed E-state index contributed by atoms with van der Waals surface area (Å²) in [4.78, 5) is 14.5. The van der Waals surface area contributed by atoms with Crippen molar-refractivity contribution in [1.82, 2.24) is 4.90 Å². The van der Waals surface area contributed by atoms with Crippen LogP contribution in [0.3, 0.4) is 0 Å². The Bertz CT molecular complexity index is 467. The van der Waals surface area contributed by atoms with E-state index in [4.69, 9.17) is 4.74 Å². The molecule has 0 heterocycles. The highest BCUT2D eigenvalue weighted by Crippen LogP contribution is 2.25. The fourth-order valence-corrected chi connectivity index (χ4v) is 2.91. The predicted octanol–water partition coefficient (Wildman–Crippen LogP) is 2.85. The van der Waals surface area contributed by atoms with Crippen LogP contribution >= 0.6 is 0 Å². The van der Waals surface area contributed by atoms with Crippen molar-refractivity contribution < 1.29 is 14.6 Å². The number of hydrogen-bond acceptors (Lipinski definition) is 3. The molecule has 1 amide bonds. The van der Waals surface area contributed by atoms with E-state index in [2.05, 4.69) is 0 Å². The standard InChI is InChI=1S/C17H25NO3/c1-13(2)21-16-9-5-6-14(12-16)17(20)18(10-11-19)15-7-3-4-8-15/h5-6,9,12-13,15,19H,3-4,7-8,10-11H2,1-2H3. The van der Waals surface area contributed by atoms with Gasteiger partial charge < -0.3 is 14.7 Å². The van der Waals surface area contributed by atoms with E-state index in [1.807, 2.05) is 36.9 Å². The van der Waals surface area contributed by atoms with E-state index >= 15 is 0 Å². The number of rotatable bonds is 6. The van der Waals surface area contributed by atoms with Crippen LogP contribution in [0.2, 0.25) is 0 Å². The van der Waals surface area contributed by atoms with Crippen LogP contribution in [0.25, 0.3) is 0 Å². The second-order valence-corrected chi connectivity index (χ2v) is 5.85. The summed E-state index contributed by atoms with van der Waals surface area (Å²) in [6.45, 7) is 4.33. The fraction of sp³-hybridized carbons (Fsp3) is 0.588. The molecule has 4 heteroatoms. The summed E-state index contributed by atoms with van der Waals surface area (Å²) in [5.41, 5.74) is 0.633. The van der Waals surface area contributed by atoms with Crippen LogP contribution in [0, 0.1) is 0 Å². The van der Waals surface area contributed by atoms with E-state index in [1.165, 1.54) is 0 Å². The van der Waals surface area contributed by atoms with Crippen LogP contribution in [0.15, 0.2) is 24.3 Å². The number of amides is 1. The summed E-state index contributed by atoms with van der Waals surface area (Å²) in [5.74, 6) is 0.705.